The predicted octanol–water partition coefficient (Wildman–Crippen LogP) is 12.4. The number of hydrogen-bond acceptors (Lipinski definition) is 17. The molecule has 0 spiro atoms. The van der Waals surface area contributed by atoms with Gasteiger partial charge in [-0.05, 0) is 143 Å². The van der Waals surface area contributed by atoms with Crippen LogP contribution in [0.2, 0.25) is 0 Å². The topological polar surface area (TPSA) is 203 Å². The van der Waals surface area contributed by atoms with Crippen LogP contribution in [0.3, 0.4) is 0 Å². The molecule has 74 heavy (non-hydrogen) atoms. The maximum absolute atomic E-state index is 4.69. The molecule has 0 amide bonds. The molecule has 0 aromatic carbocycles. The lowest BCUT2D eigenvalue weighted by atomic mass is 10.1. The summed E-state index contributed by atoms with van der Waals surface area (Å²) < 4.78 is 6.58. The molecule has 1 aliphatic carbocycles. The van der Waals surface area contributed by atoms with E-state index in [1.165, 1.54) is 44.1 Å². The van der Waals surface area contributed by atoms with Crippen molar-refractivity contribution in [2.75, 3.05) is 13.7 Å². The highest BCUT2D eigenvalue weighted by Gasteiger charge is 2.40. The summed E-state index contributed by atoms with van der Waals surface area (Å²) in [4.78, 5) is 48.7. The third-order valence-corrected chi connectivity index (χ3v) is 10.2. The van der Waals surface area contributed by atoms with Gasteiger partial charge in [0.05, 0.1) is 22.1 Å². The molecule has 8 heterocycles. The van der Waals surface area contributed by atoms with Gasteiger partial charge in [0.1, 0.15) is 32.1 Å². The van der Waals surface area contributed by atoms with Crippen molar-refractivity contribution in [3.8, 4) is 0 Å². The van der Waals surface area contributed by atoms with E-state index in [0.29, 0.717) is 12.0 Å². The minimum Gasteiger partial charge on any atom is -0.451 e. The molecule has 0 radical (unpaired) electrons. The van der Waals surface area contributed by atoms with E-state index in [4.69, 9.17) is 4.42 Å². The normalized spacial score (nSPS) is 10.8. The predicted molar refractivity (Wildman–Crippen MR) is 301 cm³/mol. The van der Waals surface area contributed by atoms with E-state index < -0.39 is 0 Å². The Morgan fingerprint density at radius 3 is 1.53 bits per heavy atom. The Kier molecular flexibility index (Phi) is 38.8. The number of pyridine rings is 2. The molecule has 1 saturated carbocycles. The average molecular weight is 1030 g/mol. The number of rotatable bonds is 7. The van der Waals surface area contributed by atoms with Gasteiger partial charge in [0.2, 0.25) is 0 Å². The number of aryl methyl sites for hydroxylation is 11. The van der Waals surface area contributed by atoms with E-state index >= 15 is 0 Å². The summed E-state index contributed by atoms with van der Waals surface area (Å²) in [7, 11) is 3.47. The molecule has 0 aliphatic heterocycles. The van der Waals surface area contributed by atoms with Gasteiger partial charge in [0.25, 0.3) is 0 Å². The van der Waals surface area contributed by atoms with E-state index in [2.05, 4.69) is 113 Å². The van der Waals surface area contributed by atoms with Gasteiger partial charge in [-0.1, -0.05) is 45.0 Å². The van der Waals surface area contributed by atoms with E-state index in [1.54, 1.807) is 61.7 Å². The number of hydrogen-bond donors (Lipinski definition) is 0. The first kappa shape index (κ1) is 66.5. The average Bonchev–Trinajstić information content (AvgIpc) is 3.73. The Morgan fingerprint density at radius 2 is 1.26 bits per heavy atom. The molecule has 9 rings (SSSR count). The van der Waals surface area contributed by atoms with Crippen molar-refractivity contribution in [3.05, 3.63) is 184 Å². The Balaban J connectivity index is 0.000000804. The molecule has 1 fully saturated rings. The first-order valence-electron chi connectivity index (χ1n) is 24.5. The fourth-order valence-electron chi connectivity index (χ4n) is 4.94. The largest absolute Gasteiger partial charge is 0.451 e. The summed E-state index contributed by atoms with van der Waals surface area (Å²) in [5.74, 6) is 0.829. The molecule has 8 aromatic rings. The monoisotopic (exact) mass is 1030 g/mol. The molecular weight excluding hydrogens is 949 g/mol. The van der Waals surface area contributed by atoms with Gasteiger partial charge in [0.15, 0.2) is 6.39 Å². The molecular formula is C56H82N14O3S. The molecule has 0 bridgehead atoms. The Hall–Kier alpha value is -7.47. The van der Waals surface area contributed by atoms with Crippen molar-refractivity contribution in [2.45, 2.75) is 134 Å². The summed E-state index contributed by atoms with van der Waals surface area (Å²) >= 11 is 1.69. The summed E-state index contributed by atoms with van der Waals surface area (Å²) in [5.41, 5.74) is 10.4. The van der Waals surface area contributed by atoms with Crippen LogP contribution in [0.1, 0.15) is 123 Å². The summed E-state index contributed by atoms with van der Waals surface area (Å²) in [6, 6.07) is 14.1. The molecule has 17 nitrogen and oxygen atoms in total. The highest BCUT2D eigenvalue weighted by Crippen LogP contribution is 2.46. The molecule has 8 aromatic heterocycles. The second kappa shape index (κ2) is 43.1. The fraction of sp³-hybridized carbons (Fsp3) is 0.411. The van der Waals surface area contributed by atoms with Crippen molar-refractivity contribution in [1.82, 2.24) is 59.6 Å². The standard InChI is InChI=1S/C9H11N.C7H9N.2C6H8N2.C6H10N2.C5H6N2.C5H7NO.C5H7NS.C4H9NO.C3H7NO/c1-9(5-6-9)8-4-2-3-7-10-8;1-2-7-5-3-4-6-8-7;1-5-3-8-6(2)4-7-5;1-5-3-7-6(2)8-4-5;1-3-6-4-5-7-8(6)2;1-5-2-6-4-7-3-5;1-2-5-3-7-4-6-5;1-4-3-7-5(2)6-4;1-3-5-6-4-2;1-3-4-5-2/h2-4,7H,5-6H2,1H3;3-6H,2H2,1H3;2*3-4H,1-2H3;4-5H,3H2,1-2H3;2-4H,1H3;3-4H,2H2,1H3;3H,1-2H3;3H,4H2,1-2H3;3H,1-2H3. The van der Waals surface area contributed by atoms with E-state index in [-0.39, 0.29) is 0 Å². The Morgan fingerprint density at radius 1 is 0.662 bits per heavy atom. The maximum Gasteiger partial charge on any atom is 0.180 e. The smallest absolute Gasteiger partial charge is 0.180 e. The SMILES string of the molecule is CC1(c2ccccn2)CC1.CC=NOC.CC=NOCC.CCc1ccccn1.CCc1ccnn1C.CCc1cocn1.Cc1cnc(C)cn1.Cc1cnc(C)nc1.Cc1cncnc1.Cc1csc(C)n1. The fourth-order valence-corrected chi connectivity index (χ4v) is 5.54. The van der Waals surface area contributed by atoms with Gasteiger partial charge < -0.3 is 14.1 Å². The van der Waals surface area contributed by atoms with Gasteiger partial charge >= 0.3 is 0 Å². The quantitative estimate of drug-likeness (QED) is 0.108. The molecule has 0 N–H and O–H groups in total. The lowest BCUT2D eigenvalue weighted by Gasteiger charge is -2.04. The molecule has 0 atom stereocenters. The molecule has 1 aliphatic rings. The number of oxime groups is 2. The highest BCUT2D eigenvalue weighted by atomic mass is 32.1. The van der Waals surface area contributed by atoms with Crippen LogP contribution in [0, 0.1) is 48.5 Å². The van der Waals surface area contributed by atoms with Crippen molar-refractivity contribution >= 4 is 23.8 Å². The van der Waals surface area contributed by atoms with E-state index in [1.807, 2.05) is 142 Å². The van der Waals surface area contributed by atoms with Crippen LogP contribution in [0.4, 0.5) is 0 Å². The van der Waals surface area contributed by atoms with Crippen LogP contribution in [-0.4, -0.2) is 85.8 Å². The third kappa shape index (κ3) is 36.5. The minimum absolute atomic E-state index is 0.432. The summed E-state index contributed by atoms with van der Waals surface area (Å²) in [5, 5.41) is 14.0. The maximum atomic E-state index is 4.69. The number of thiazole rings is 1. The first-order chi connectivity index (χ1) is 35.6. The molecule has 18 heteroatoms. The van der Waals surface area contributed by atoms with Gasteiger partial charge in [0, 0.05) is 109 Å². The lowest BCUT2D eigenvalue weighted by molar-refractivity contribution is 0.160. The van der Waals surface area contributed by atoms with Crippen molar-refractivity contribution in [3.63, 3.8) is 0 Å². The second-order valence-corrected chi connectivity index (χ2v) is 17.0. The zero-order valence-electron chi connectivity index (χ0n) is 46.8. The van der Waals surface area contributed by atoms with Crippen molar-refractivity contribution < 1.29 is 14.1 Å². The first-order valence-corrected chi connectivity index (χ1v) is 25.4. The number of aromatic nitrogens is 12. The molecule has 0 unspecified atom stereocenters. The van der Waals surface area contributed by atoms with Crippen LogP contribution in [0.25, 0.3) is 0 Å². The Labute approximate surface area is 445 Å². The van der Waals surface area contributed by atoms with Crippen LogP contribution >= 0.6 is 11.3 Å². The van der Waals surface area contributed by atoms with Gasteiger partial charge in [-0.2, -0.15) is 5.10 Å². The van der Waals surface area contributed by atoms with Crippen LogP contribution in [0.15, 0.2) is 137 Å². The lowest BCUT2D eigenvalue weighted by Crippen LogP contribution is -2.01. The van der Waals surface area contributed by atoms with Crippen LogP contribution in [-0.2, 0) is 41.4 Å². The van der Waals surface area contributed by atoms with E-state index in [9.17, 15) is 0 Å². The van der Waals surface area contributed by atoms with Gasteiger partial charge in [-0.15, -0.1) is 16.5 Å². The van der Waals surface area contributed by atoms with Crippen LogP contribution < -0.4 is 0 Å². The third-order valence-electron chi connectivity index (χ3n) is 9.27. The number of nitrogens with zero attached hydrogens (tertiary/aromatic N) is 14. The second-order valence-electron chi connectivity index (χ2n) is 15.9. The van der Waals surface area contributed by atoms with Gasteiger partial charge in [-0.25, -0.2) is 29.9 Å². The molecule has 0 saturated heterocycles. The van der Waals surface area contributed by atoms with Gasteiger partial charge in [-0.3, -0.25) is 24.6 Å². The summed E-state index contributed by atoms with van der Waals surface area (Å²) in [6.45, 7) is 28.4. The van der Waals surface area contributed by atoms with Crippen molar-refractivity contribution in [1.29, 1.82) is 0 Å². The summed E-state index contributed by atoms with van der Waals surface area (Å²) in [6.07, 6.45) is 29.7. The zero-order valence-corrected chi connectivity index (χ0v) is 47.7. The Bertz CT molecular complexity index is 2420. The minimum atomic E-state index is 0.432. The number of oxazole rings is 1. The highest BCUT2D eigenvalue weighted by molar-refractivity contribution is 7.09. The zero-order chi connectivity index (χ0) is 55.2. The van der Waals surface area contributed by atoms with Crippen LogP contribution in [0.5, 0.6) is 0 Å². The molecule has 400 valence electrons. The van der Waals surface area contributed by atoms with Crippen molar-refractivity contribution in [2.24, 2.45) is 17.4 Å². The van der Waals surface area contributed by atoms with E-state index in [0.717, 1.165) is 69.7 Å².